The number of amides is 1. The number of carbonyl (C=O) groups excluding carboxylic acids is 1. The van der Waals surface area contributed by atoms with E-state index in [1.165, 1.54) is 6.07 Å². The number of benzene rings is 1. The lowest BCUT2D eigenvalue weighted by molar-refractivity contribution is -0.137. The van der Waals surface area contributed by atoms with E-state index in [0.717, 1.165) is 25.3 Å². The maximum atomic E-state index is 14.4. The Balaban J connectivity index is 0.00000208. The minimum absolute atomic E-state index is 0. The molecule has 0 radical (unpaired) electrons. The fourth-order valence-electron chi connectivity index (χ4n) is 3.49. The topological polar surface area (TPSA) is 46.3 Å². The van der Waals surface area contributed by atoms with Gasteiger partial charge in [0.15, 0.2) is 0 Å². The lowest BCUT2D eigenvalue weighted by Crippen LogP contribution is -2.43. The first-order valence-electron chi connectivity index (χ1n) is 7.70. The second-order valence-corrected chi connectivity index (χ2v) is 6.31. The van der Waals surface area contributed by atoms with E-state index < -0.39 is 29.5 Å². The van der Waals surface area contributed by atoms with Crippen LogP contribution in [0.1, 0.15) is 42.9 Å². The van der Waals surface area contributed by atoms with E-state index in [2.05, 4.69) is 0 Å². The average Bonchev–Trinajstić information content (AvgIpc) is 3.16. The van der Waals surface area contributed by atoms with Crippen molar-refractivity contribution < 1.29 is 22.4 Å². The summed E-state index contributed by atoms with van der Waals surface area (Å²) in [5, 5.41) is 0. The van der Waals surface area contributed by atoms with Gasteiger partial charge in [-0.25, -0.2) is 4.39 Å². The summed E-state index contributed by atoms with van der Waals surface area (Å²) in [6.07, 6.45) is -1.42. The summed E-state index contributed by atoms with van der Waals surface area (Å²) in [6.45, 7) is 0.606. The van der Waals surface area contributed by atoms with E-state index in [-0.39, 0.29) is 29.9 Å². The van der Waals surface area contributed by atoms with E-state index in [4.69, 9.17) is 5.73 Å². The molecule has 24 heavy (non-hydrogen) atoms. The Kier molecular flexibility index (Phi) is 5.44. The molecule has 2 aliphatic rings. The number of nitrogens with two attached hydrogens (primary N) is 1. The van der Waals surface area contributed by atoms with Gasteiger partial charge in [-0.3, -0.25) is 9.69 Å². The van der Waals surface area contributed by atoms with Crippen LogP contribution >= 0.6 is 12.4 Å². The predicted octanol–water partition coefficient (Wildman–Crippen LogP) is 3.67. The molecule has 1 saturated heterocycles. The summed E-state index contributed by atoms with van der Waals surface area (Å²) in [5.74, 6) is -1.16. The van der Waals surface area contributed by atoms with Crippen molar-refractivity contribution in [3.05, 3.63) is 35.1 Å². The third kappa shape index (κ3) is 3.67. The van der Waals surface area contributed by atoms with Crippen molar-refractivity contribution in [2.24, 2.45) is 11.7 Å². The second-order valence-electron chi connectivity index (χ2n) is 6.31. The first-order chi connectivity index (χ1) is 10.8. The van der Waals surface area contributed by atoms with Gasteiger partial charge < -0.3 is 5.73 Å². The Labute approximate surface area is 143 Å². The smallest absolute Gasteiger partial charge is 0.368 e. The third-order valence-electron chi connectivity index (χ3n) is 4.69. The largest absolute Gasteiger partial charge is 0.416 e. The first kappa shape index (κ1) is 19.0. The number of carbonyl (C=O) groups is 1. The molecule has 1 aromatic rings. The molecule has 1 heterocycles. The molecule has 134 valence electrons. The van der Waals surface area contributed by atoms with Crippen molar-refractivity contribution in [1.29, 1.82) is 0 Å². The van der Waals surface area contributed by atoms with Gasteiger partial charge in [-0.1, -0.05) is 6.07 Å². The molecule has 1 saturated carbocycles. The van der Waals surface area contributed by atoms with Gasteiger partial charge in [0.1, 0.15) is 5.82 Å². The van der Waals surface area contributed by atoms with Crippen molar-refractivity contribution in [3.63, 3.8) is 0 Å². The highest BCUT2D eigenvalue weighted by atomic mass is 35.5. The fraction of sp³-hybridized carbons (Fsp3) is 0.562. The minimum atomic E-state index is -4.57. The van der Waals surface area contributed by atoms with Crippen molar-refractivity contribution in [1.82, 2.24) is 4.90 Å². The summed E-state index contributed by atoms with van der Waals surface area (Å²) < 4.78 is 52.5. The minimum Gasteiger partial charge on any atom is -0.368 e. The normalized spacial score (nSPS) is 22.9. The Morgan fingerprint density at radius 3 is 2.42 bits per heavy atom. The van der Waals surface area contributed by atoms with Crippen LogP contribution in [0, 0.1) is 11.7 Å². The van der Waals surface area contributed by atoms with Crippen LogP contribution in [-0.4, -0.2) is 23.4 Å². The van der Waals surface area contributed by atoms with Crippen LogP contribution in [0.3, 0.4) is 0 Å². The number of primary amides is 1. The monoisotopic (exact) mass is 366 g/mol. The van der Waals surface area contributed by atoms with Crippen LogP contribution < -0.4 is 5.73 Å². The SMILES string of the molecule is Cl.NC(=O)C1CCCN1[C@@H](c1ccc(C(F)(F)F)cc1F)C1CC1. The van der Waals surface area contributed by atoms with Crippen molar-refractivity contribution in [2.75, 3.05) is 6.54 Å². The summed E-state index contributed by atoms with van der Waals surface area (Å²) >= 11 is 0. The molecular formula is C16H19ClF4N2O. The van der Waals surface area contributed by atoms with Crippen molar-refractivity contribution in [3.8, 4) is 0 Å². The molecule has 1 aliphatic heterocycles. The van der Waals surface area contributed by atoms with Gasteiger partial charge in [-0.2, -0.15) is 13.2 Å². The quantitative estimate of drug-likeness (QED) is 0.826. The van der Waals surface area contributed by atoms with Gasteiger partial charge in [0.2, 0.25) is 5.91 Å². The lowest BCUT2D eigenvalue weighted by atomic mass is 9.97. The van der Waals surface area contributed by atoms with E-state index in [1.807, 2.05) is 4.90 Å². The molecule has 2 atom stereocenters. The van der Waals surface area contributed by atoms with Gasteiger partial charge in [-0.15, -0.1) is 12.4 Å². The molecule has 8 heteroatoms. The number of likely N-dealkylation sites (tertiary alicyclic amines) is 1. The van der Waals surface area contributed by atoms with E-state index in [0.29, 0.717) is 19.0 Å². The summed E-state index contributed by atoms with van der Waals surface area (Å²) in [5.41, 5.74) is 4.65. The Hall–Kier alpha value is -1.34. The van der Waals surface area contributed by atoms with Gasteiger partial charge in [0.05, 0.1) is 11.6 Å². The zero-order valence-electron chi connectivity index (χ0n) is 12.9. The van der Waals surface area contributed by atoms with Crippen molar-refractivity contribution >= 4 is 18.3 Å². The molecule has 1 unspecified atom stereocenters. The molecule has 1 amide bonds. The number of nitrogens with zero attached hydrogens (tertiary/aromatic N) is 1. The molecule has 0 bridgehead atoms. The Morgan fingerprint density at radius 1 is 1.25 bits per heavy atom. The standard InChI is InChI=1S/C16H18F4N2O.ClH/c17-12-8-10(16(18,19)20)5-6-11(12)14(9-3-4-9)22-7-1-2-13(22)15(21)23;/h5-6,8-9,13-14H,1-4,7H2,(H2,21,23);1H/t13?,14-;/m1./s1. The van der Waals surface area contributed by atoms with Crippen LogP contribution in [-0.2, 0) is 11.0 Å². The molecule has 1 aromatic carbocycles. The highest BCUT2D eigenvalue weighted by Gasteiger charge is 2.44. The Bertz CT molecular complexity index is 619. The predicted molar refractivity (Wildman–Crippen MR) is 83.0 cm³/mol. The molecule has 1 aliphatic carbocycles. The molecule has 3 nitrogen and oxygen atoms in total. The number of hydrogen-bond donors (Lipinski definition) is 1. The highest BCUT2D eigenvalue weighted by molar-refractivity contribution is 5.85. The van der Waals surface area contributed by atoms with Crippen LogP contribution in [0.15, 0.2) is 18.2 Å². The summed E-state index contributed by atoms with van der Waals surface area (Å²) in [4.78, 5) is 13.5. The molecule has 2 N–H and O–H groups in total. The Morgan fingerprint density at radius 2 is 1.92 bits per heavy atom. The molecule has 2 fully saturated rings. The lowest BCUT2D eigenvalue weighted by Gasteiger charge is -2.32. The van der Waals surface area contributed by atoms with Gasteiger partial charge >= 0.3 is 6.18 Å². The van der Waals surface area contributed by atoms with Gasteiger partial charge in [0.25, 0.3) is 0 Å². The van der Waals surface area contributed by atoms with Gasteiger partial charge in [-0.05, 0) is 50.3 Å². The van der Waals surface area contributed by atoms with Crippen LogP contribution in [0.25, 0.3) is 0 Å². The third-order valence-corrected chi connectivity index (χ3v) is 4.69. The van der Waals surface area contributed by atoms with Crippen LogP contribution in [0.2, 0.25) is 0 Å². The van der Waals surface area contributed by atoms with E-state index >= 15 is 0 Å². The van der Waals surface area contributed by atoms with E-state index in [9.17, 15) is 22.4 Å². The molecule has 0 spiro atoms. The van der Waals surface area contributed by atoms with Crippen LogP contribution in [0.5, 0.6) is 0 Å². The average molecular weight is 367 g/mol. The zero-order chi connectivity index (χ0) is 16.8. The summed E-state index contributed by atoms with van der Waals surface area (Å²) in [7, 11) is 0. The highest BCUT2D eigenvalue weighted by Crippen LogP contribution is 2.48. The summed E-state index contributed by atoms with van der Waals surface area (Å²) in [6, 6.07) is 1.81. The number of hydrogen-bond acceptors (Lipinski definition) is 2. The van der Waals surface area contributed by atoms with Gasteiger partial charge in [0, 0.05) is 11.6 Å². The molecule has 0 aromatic heterocycles. The number of rotatable bonds is 4. The molecular weight excluding hydrogens is 348 g/mol. The van der Waals surface area contributed by atoms with E-state index in [1.54, 1.807) is 0 Å². The van der Waals surface area contributed by atoms with Crippen LogP contribution in [0.4, 0.5) is 17.6 Å². The zero-order valence-corrected chi connectivity index (χ0v) is 13.7. The molecule has 3 rings (SSSR count). The number of alkyl halides is 3. The van der Waals surface area contributed by atoms with Crippen molar-refractivity contribution in [2.45, 2.75) is 43.9 Å². The first-order valence-corrected chi connectivity index (χ1v) is 7.70. The maximum absolute atomic E-state index is 14.4. The fourth-order valence-corrected chi connectivity index (χ4v) is 3.49. The second kappa shape index (κ2) is 6.88. The maximum Gasteiger partial charge on any atom is 0.416 e. The number of halogens is 5.